The van der Waals surface area contributed by atoms with Crippen LogP contribution in [0.4, 0.5) is 5.69 Å². The Morgan fingerprint density at radius 3 is 2.33 bits per heavy atom. The number of hydrogen-bond donors (Lipinski definition) is 1. The van der Waals surface area contributed by atoms with Crippen molar-refractivity contribution < 1.29 is 14.0 Å². The van der Waals surface area contributed by atoms with Gasteiger partial charge in [0.25, 0.3) is 5.91 Å². The number of amides is 2. The molecule has 156 valence electrons. The minimum atomic E-state index is -0.267. The van der Waals surface area contributed by atoms with Crippen molar-refractivity contribution in [1.29, 1.82) is 0 Å². The lowest BCUT2D eigenvalue weighted by Crippen LogP contribution is -2.38. The van der Waals surface area contributed by atoms with Crippen molar-refractivity contribution in [3.63, 3.8) is 0 Å². The van der Waals surface area contributed by atoms with E-state index in [0.29, 0.717) is 17.9 Å². The third-order valence-corrected chi connectivity index (χ3v) is 6.56. The van der Waals surface area contributed by atoms with Crippen molar-refractivity contribution >= 4 is 40.2 Å². The molecule has 2 amide bonds. The average molecular weight is 423 g/mol. The highest BCUT2D eigenvalue weighted by atomic mass is 32.2. The van der Waals surface area contributed by atoms with Crippen molar-refractivity contribution in [2.24, 2.45) is 0 Å². The second kappa shape index (κ2) is 8.56. The molecular formula is C24H26N2O3S. The van der Waals surface area contributed by atoms with Gasteiger partial charge < -0.3 is 14.6 Å². The van der Waals surface area contributed by atoms with Gasteiger partial charge in [0.1, 0.15) is 5.58 Å². The largest absolute Gasteiger partial charge is 0.450 e. The van der Waals surface area contributed by atoms with Gasteiger partial charge in [-0.2, -0.15) is 11.8 Å². The van der Waals surface area contributed by atoms with Crippen LogP contribution < -0.4 is 5.32 Å². The summed E-state index contributed by atoms with van der Waals surface area (Å²) in [6, 6.07) is 11.5. The molecule has 3 aromatic rings. The summed E-state index contributed by atoms with van der Waals surface area (Å²) in [4.78, 5) is 27.2. The summed E-state index contributed by atoms with van der Waals surface area (Å²) in [6.45, 7) is 7.58. The number of furan rings is 1. The summed E-state index contributed by atoms with van der Waals surface area (Å²) >= 11 is 1.89. The van der Waals surface area contributed by atoms with Crippen LogP contribution in [-0.4, -0.2) is 41.3 Å². The maximum Gasteiger partial charge on any atom is 0.291 e. The first-order valence-corrected chi connectivity index (χ1v) is 11.3. The molecule has 1 aliphatic heterocycles. The fraction of sp³-hybridized carbons (Fsp3) is 0.333. The Morgan fingerprint density at radius 2 is 1.67 bits per heavy atom. The molecular weight excluding hydrogens is 396 g/mol. The van der Waals surface area contributed by atoms with Gasteiger partial charge >= 0.3 is 0 Å². The van der Waals surface area contributed by atoms with Gasteiger partial charge in [0, 0.05) is 41.2 Å². The lowest BCUT2D eigenvalue weighted by Gasteiger charge is -2.26. The zero-order valence-corrected chi connectivity index (χ0v) is 18.4. The Labute approximate surface area is 180 Å². The van der Waals surface area contributed by atoms with E-state index in [1.807, 2.05) is 73.8 Å². The van der Waals surface area contributed by atoms with E-state index >= 15 is 0 Å². The maximum atomic E-state index is 12.8. The van der Waals surface area contributed by atoms with Gasteiger partial charge in [-0.3, -0.25) is 9.59 Å². The van der Waals surface area contributed by atoms with E-state index in [1.165, 1.54) is 0 Å². The highest BCUT2D eigenvalue weighted by Gasteiger charge is 2.20. The standard InChI is InChI=1S/C24H26N2O3S/c1-15-4-5-16(2)22-21(15)17(3)23(29-22)24(28)25-19-8-6-18(7-9-19)14-20(27)26-10-12-30-13-11-26/h4-9H,10-14H2,1-3H3,(H,25,28). The molecule has 2 aromatic carbocycles. The van der Waals surface area contributed by atoms with Gasteiger partial charge in [0.15, 0.2) is 5.76 Å². The summed E-state index contributed by atoms with van der Waals surface area (Å²) in [5.74, 6) is 2.26. The third-order valence-electron chi connectivity index (χ3n) is 5.62. The highest BCUT2D eigenvalue weighted by Crippen LogP contribution is 2.31. The quantitative estimate of drug-likeness (QED) is 0.660. The number of carbonyl (C=O) groups excluding carboxylic acids is 2. The first-order chi connectivity index (χ1) is 14.4. The zero-order chi connectivity index (χ0) is 21.3. The van der Waals surface area contributed by atoms with Crippen molar-refractivity contribution in [3.05, 3.63) is 64.4 Å². The van der Waals surface area contributed by atoms with E-state index in [1.54, 1.807) is 0 Å². The normalized spacial score (nSPS) is 14.2. The van der Waals surface area contributed by atoms with Crippen LogP contribution in [0.5, 0.6) is 0 Å². The predicted molar refractivity (Wildman–Crippen MR) is 122 cm³/mol. The molecule has 0 atom stereocenters. The number of nitrogens with zero attached hydrogens (tertiary/aromatic N) is 1. The Bertz CT molecular complexity index is 1100. The van der Waals surface area contributed by atoms with Gasteiger partial charge in [-0.15, -0.1) is 0 Å². The number of rotatable bonds is 4. The lowest BCUT2D eigenvalue weighted by molar-refractivity contribution is -0.130. The minimum Gasteiger partial charge on any atom is -0.450 e. The van der Waals surface area contributed by atoms with Gasteiger partial charge in [-0.05, 0) is 49.6 Å². The second-order valence-corrected chi connectivity index (χ2v) is 9.01. The molecule has 0 radical (unpaired) electrons. The van der Waals surface area contributed by atoms with Crippen LogP contribution in [0.3, 0.4) is 0 Å². The third kappa shape index (κ3) is 4.10. The van der Waals surface area contributed by atoms with Crippen molar-refractivity contribution in [2.45, 2.75) is 27.2 Å². The van der Waals surface area contributed by atoms with E-state index < -0.39 is 0 Å². The molecule has 0 saturated carbocycles. The van der Waals surface area contributed by atoms with Crippen molar-refractivity contribution in [1.82, 2.24) is 4.90 Å². The fourth-order valence-electron chi connectivity index (χ4n) is 3.88. The number of hydrogen-bond acceptors (Lipinski definition) is 4. The summed E-state index contributed by atoms with van der Waals surface area (Å²) in [5.41, 5.74) is 5.35. The zero-order valence-electron chi connectivity index (χ0n) is 17.6. The number of thioether (sulfide) groups is 1. The van der Waals surface area contributed by atoms with E-state index in [2.05, 4.69) is 5.32 Å². The van der Waals surface area contributed by atoms with E-state index in [4.69, 9.17) is 4.42 Å². The van der Waals surface area contributed by atoms with Crippen LogP contribution in [0.25, 0.3) is 11.0 Å². The van der Waals surface area contributed by atoms with Crippen LogP contribution >= 0.6 is 11.8 Å². The van der Waals surface area contributed by atoms with Crippen molar-refractivity contribution in [2.75, 3.05) is 29.9 Å². The number of carbonyl (C=O) groups is 2. The molecule has 5 nitrogen and oxygen atoms in total. The number of nitrogens with one attached hydrogen (secondary N) is 1. The molecule has 0 spiro atoms. The molecule has 1 N–H and O–H groups in total. The van der Waals surface area contributed by atoms with Crippen LogP contribution in [0, 0.1) is 20.8 Å². The Morgan fingerprint density at radius 1 is 1.00 bits per heavy atom. The average Bonchev–Trinajstić information content (AvgIpc) is 3.11. The van der Waals surface area contributed by atoms with Crippen LogP contribution in [0.15, 0.2) is 40.8 Å². The predicted octanol–water partition coefficient (Wildman–Crippen LogP) is 4.73. The first kappa shape index (κ1) is 20.5. The maximum absolute atomic E-state index is 12.8. The van der Waals surface area contributed by atoms with Gasteiger partial charge in [0.05, 0.1) is 6.42 Å². The van der Waals surface area contributed by atoms with Crippen LogP contribution in [0.1, 0.15) is 32.8 Å². The van der Waals surface area contributed by atoms with Crippen LogP contribution in [-0.2, 0) is 11.2 Å². The smallest absolute Gasteiger partial charge is 0.291 e. The monoisotopic (exact) mass is 422 g/mol. The summed E-state index contributed by atoms with van der Waals surface area (Å²) in [7, 11) is 0. The van der Waals surface area contributed by atoms with Gasteiger partial charge in [-0.1, -0.05) is 24.3 Å². The molecule has 2 heterocycles. The minimum absolute atomic E-state index is 0.163. The van der Waals surface area contributed by atoms with E-state index in [9.17, 15) is 9.59 Å². The number of fused-ring (bicyclic) bond motifs is 1. The molecule has 1 fully saturated rings. The first-order valence-electron chi connectivity index (χ1n) is 10.2. The second-order valence-electron chi connectivity index (χ2n) is 7.78. The molecule has 1 aliphatic rings. The summed E-state index contributed by atoms with van der Waals surface area (Å²) in [6.07, 6.45) is 0.389. The molecule has 6 heteroatoms. The summed E-state index contributed by atoms with van der Waals surface area (Å²) in [5, 5.41) is 3.92. The van der Waals surface area contributed by atoms with Gasteiger partial charge in [-0.25, -0.2) is 0 Å². The SMILES string of the molecule is Cc1ccc(C)c2c(C)c(C(=O)Nc3ccc(CC(=O)N4CCSCC4)cc3)oc12. The Hall–Kier alpha value is -2.73. The Balaban J connectivity index is 1.46. The van der Waals surface area contributed by atoms with Gasteiger partial charge in [0.2, 0.25) is 5.91 Å². The van der Waals surface area contributed by atoms with E-state index in [-0.39, 0.29) is 11.8 Å². The number of anilines is 1. The number of benzene rings is 2. The molecule has 1 aromatic heterocycles. The Kier molecular flexibility index (Phi) is 5.86. The molecule has 0 aliphatic carbocycles. The lowest BCUT2D eigenvalue weighted by atomic mass is 10.0. The topological polar surface area (TPSA) is 62.6 Å². The molecule has 30 heavy (non-hydrogen) atoms. The molecule has 0 bridgehead atoms. The van der Waals surface area contributed by atoms with Crippen molar-refractivity contribution in [3.8, 4) is 0 Å². The summed E-state index contributed by atoms with van der Waals surface area (Å²) < 4.78 is 5.92. The molecule has 0 unspecified atom stereocenters. The molecule has 4 rings (SSSR count). The van der Waals surface area contributed by atoms with Crippen LogP contribution in [0.2, 0.25) is 0 Å². The highest BCUT2D eigenvalue weighted by molar-refractivity contribution is 7.99. The van der Waals surface area contributed by atoms with E-state index in [0.717, 1.165) is 57.8 Å². The number of aryl methyl sites for hydroxylation is 3. The molecule has 1 saturated heterocycles. The fourth-order valence-corrected chi connectivity index (χ4v) is 4.79.